The lowest BCUT2D eigenvalue weighted by Gasteiger charge is -2.52. The van der Waals surface area contributed by atoms with Crippen molar-refractivity contribution in [3.63, 3.8) is 0 Å². The van der Waals surface area contributed by atoms with Gasteiger partial charge in [-0.05, 0) is 33.1 Å². The first kappa shape index (κ1) is 13.9. The van der Waals surface area contributed by atoms with Crippen LogP contribution in [-0.2, 0) is 0 Å². The molecule has 0 saturated carbocycles. The van der Waals surface area contributed by atoms with E-state index in [0.717, 1.165) is 32.5 Å². The Balaban J connectivity index is 2.69. The average Bonchev–Trinajstić information content (AvgIpc) is 2.31. The molecule has 0 aliphatic carbocycles. The van der Waals surface area contributed by atoms with Gasteiger partial charge < -0.3 is 5.32 Å². The number of hydrogen-bond acceptors (Lipinski definition) is 2. The van der Waals surface area contributed by atoms with Gasteiger partial charge in [0.2, 0.25) is 0 Å². The smallest absolute Gasteiger partial charge is 0.0906 e. The molecule has 0 aromatic carbocycles. The van der Waals surface area contributed by atoms with Crippen molar-refractivity contribution in [2.45, 2.75) is 58.0 Å². The number of piperazine rings is 1. The van der Waals surface area contributed by atoms with Crippen LogP contribution < -0.4 is 5.32 Å². The van der Waals surface area contributed by atoms with E-state index in [-0.39, 0.29) is 17.8 Å². The third kappa shape index (κ3) is 2.95. The molecule has 3 heteroatoms. The van der Waals surface area contributed by atoms with Crippen molar-refractivity contribution in [3.05, 3.63) is 0 Å². The third-order valence-electron chi connectivity index (χ3n) is 4.30. The lowest BCUT2D eigenvalue weighted by Crippen LogP contribution is -2.67. The summed E-state index contributed by atoms with van der Waals surface area (Å²) < 4.78 is 12.3. The first-order chi connectivity index (χ1) is 7.49. The molecule has 0 aromatic heterocycles. The van der Waals surface area contributed by atoms with Gasteiger partial charge in [0.05, 0.1) is 6.67 Å². The molecule has 0 spiro atoms. The van der Waals surface area contributed by atoms with Crippen molar-refractivity contribution < 1.29 is 4.39 Å². The molecule has 1 heterocycles. The Bertz CT molecular complexity index is 222. The van der Waals surface area contributed by atoms with Crippen LogP contribution in [-0.4, -0.2) is 42.3 Å². The van der Waals surface area contributed by atoms with Gasteiger partial charge in [-0.2, -0.15) is 0 Å². The van der Waals surface area contributed by atoms with Gasteiger partial charge in [-0.1, -0.05) is 13.8 Å². The Hall–Kier alpha value is -0.150. The van der Waals surface area contributed by atoms with Crippen molar-refractivity contribution in [3.8, 4) is 0 Å². The normalized spacial score (nSPS) is 36.6. The number of alkyl halides is 1. The van der Waals surface area contributed by atoms with Gasteiger partial charge in [-0.3, -0.25) is 9.29 Å². The van der Waals surface area contributed by atoms with E-state index in [2.05, 4.69) is 37.9 Å². The summed E-state index contributed by atoms with van der Waals surface area (Å²) >= 11 is 0. The monoisotopic (exact) mass is 230 g/mol. The summed E-state index contributed by atoms with van der Waals surface area (Å²) in [6.45, 7) is 11.7. The topological polar surface area (TPSA) is 15.3 Å². The highest BCUT2D eigenvalue weighted by atomic mass is 19.1. The molecule has 2 atom stereocenters. The quantitative estimate of drug-likeness (QED) is 0.781. The Morgan fingerprint density at radius 2 is 1.94 bits per heavy atom. The van der Waals surface area contributed by atoms with Gasteiger partial charge in [0, 0.05) is 30.7 Å². The fourth-order valence-electron chi connectivity index (χ4n) is 2.37. The highest BCUT2D eigenvalue weighted by Gasteiger charge is 2.40. The lowest BCUT2D eigenvalue weighted by atomic mass is 9.85. The largest absolute Gasteiger partial charge is 0.308 e. The van der Waals surface area contributed by atoms with Crippen LogP contribution in [0, 0.1) is 0 Å². The Morgan fingerprint density at radius 1 is 1.25 bits per heavy atom. The maximum Gasteiger partial charge on any atom is 0.0906 e. The number of hydrogen-bond donors (Lipinski definition) is 1. The first-order valence-corrected chi connectivity index (χ1v) is 6.56. The molecular weight excluding hydrogens is 203 g/mol. The molecule has 0 aromatic rings. The summed E-state index contributed by atoms with van der Waals surface area (Å²) in [5.41, 5.74) is 0.398. The Morgan fingerprint density at radius 3 is 2.44 bits per heavy atom. The van der Waals surface area contributed by atoms with E-state index >= 15 is 0 Å². The van der Waals surface area contributed by atoms with E-state index in [4.69, 9.17) is 0 Å². The summed E-state index contributed by atoms with van der Waals surface area (Å²) in [4.78, 5) is 2.48. The molecule has 0 radical (unpaired) electrons. The second-order valence-electron chi connectivity index (χ2n) is 5.58. The molecule has 16 heavy (non-hydrogen) atoms. The fraction of sp³-hybridized carbons (Fsp3) is 1.00. The van der Waals surface area contributed by atoms with Gasteiger partial charge >= 0.3 is 0 Å². The van der Waals surface area contributed by atoms with Gasteiger partial charge in [0.25, 0.3) is 0 Å². The van der Waals surface area contributed by atoms with Crippen LogP contribution >= 0.6 is 0 Å². The van der Waals surface area contributed by atoms with Crippen LogP contribution in [0.3, 0.4) is 0 Å². The number of rotatable bonds is 5. The molecule has 0 amide bonds. The van der Waals surface area contributed by atoms with E-state index in [1.54, 1.807) is 0 Å². The van der Waals surface area contributed by atoms with Crippen molar-refractivity contribution in [2.75, 3.05) is 26.3 Å². The summed E-state index contributed by atoms with van der Waals surface area (Å²) in [5, 5.41) is 3.66. The van der Waals surface area contributed by atoms with E-state index in [1.807, 2.05) is 0 Å². The van der Waals surface area contributed by atoms with Crippen LogP contribution in [0.4, 0.5) is 4.39 Å². The number of nitrogens with one attached hydrogen (secondary N) is 1. The Labute approximate surface area is 99.6 Å². The summed E-state index contributed by atoms with van der Waals surface area (Å²) in [5.74, 6) is 0. The minimum Gasteiger partial charge on any atom is -0.308 e. The molecule has 1 rings (SSSR count). The molecule has 0 bridgehead atoms. The lowest BCUT2D eigenvalue weighted by molar-refractivity contribution is 0.0151. The highest BCUT2D eigenvalue weighted by molar-refractivity contribution is 5.00. The van der Waals surface area contributed by atoms with Gasteiger partial charge in [-0.25, -0.2) is 0 Å². The zero-order valence-electron chi connectivity index (χ0n) is 11.3. The zero-order valence-corrected chi connectivity index (χ0v) is 11.3. The van der Waals surface area contributed by atoms with Crippen molar-refractivity contribution >= 4 is 0 Å². The molecule has 1 aliphatic rings. The molecule has 1 aliphatic heterocycles. The van der Waals surface area contributed by atoms with E-state index < -0.39 is 0 Å². The molecule has 1 saturated heterocycles. The minimum atomic E-state index is -0.202. The highest BCUT2D eigenvalue weighted by Crippen LogP contribution is 2.28. The van der Waals surface area contributed by atoms with E-state index in [1.165, 1.54) is 0 Å². The SMILES string of the molecule is CCC1(C)CN(CCCF)C(C)(CC)CN1. The minimum absolute atomic E-state index is 0.198. The maximum absolute atomic E-state index is 12.3. The van der Waals surface area contributed by atoms with Crippen molar-refractivity contribution in [1.82, 2.24) is 10.2 Å². The van der Waals surface area contributed by atoms with Crippen LogP contribution in [0.5, 0.6) is 0 Å². The summed E-state index contributed by atoms with van der Waals surface area (Å²) in [6, 6.07) is 0. The molecule has 2 unspecified atom stereocenters. The van der Waals surface area contributed by atoms with Gasteiger partial charge in [0.1, 0.15) is 0 Å². The van der Waals surface area contributed by atoms with E-state index in [0.29, 0.717) is 6.42 Å². The molecule has 1 fully saturated rings. The fourth-order valence-corrected chi connectivity index (χ4v) is 2.37. The van der Waals surface area contributed by atoms with Crippen molar-refractivity contribution in [1.29, 1.82) is 0 Å². The van der Waals surface area contributed by atoms with Crippen molar-refractivity contribution in [2.24, 2.45) is 0 Å². The predicted molar refractivity (Wildman–Crippen MR) is 67.6 cm³/mol. The summed E-state index contributed by atoms with van der Waals surface area (Å²) in [6.07, 6.45) is 2.90. The zero-order chi connectivity index (χ0) is 12.2. The molecule has 96 valence electrons. The Kier molecular flexibility index (Phi) is 4.74. The van der Waals surface area contributed by atoms with Crippen LogP contribution in [0.2, 0.25) is 0 Å². The van der Waals surface area contributed by atoms with Crippen LogP contribution in [0.25, 0.3) is 0 Å². The third-order valence-corrected chi connectivity index (χ3v) is 4.30. The molecule has 1 N–H and O–H groups in total. The second kappa shape index (κ2) is 5.46. The van der Waals surface area contributed by atoms with Crippen LogP contribution in [0.1, 0.15) is 47.0 Å². The summed E-state index contributed by atoms with van der Waals surface area (Å²) in [7, 11) is 0. The average molecular weight is 230 g/mol. The standard InChI is InChI=1S/C13H27FN2/c1-5-12(3)11-16(9-7-8-14)13(4,6-2)10-15-12/h15H,5-11H2,1-4H3. The number of halogens is 1. The second-order valence-corrected chi connectivity index (χ2v) is 5.58. The van der Waals surface area contributed by atoms with Gasteiger partial charge in [-0.15, -0.1) is 0 Å². The van der Waals surface area contributed by atoms with E-state index in [9.17, 15) is 4.39 Å². The molecule has 2 nitrogen and oxygen atoms in total. The number of nitrogens with zero attached hydrogens (tertiary/aromatic N) is 1. The maximum atomic E-state index is 12.3. The first-order valence-electron chi connectivity index (χ1n) is 6.56. The van der Waals surface area contributed by atoms with Gasteiger partial charge in [0.15, 0.2) is 0 Å². The molecular formula is C13H27FN2. The van der Waals surface area contributed by atoms with Crippen LogP contribution in [0.15, 0.2) is 0 Å². The predicted octanol–water partition coefficient (Wildman–Crippen LogP) is 2.59.